The molecule has 1 fully saturated rings. The van der Waals surface area contributed by atoms with Crippen LogP contribution in [0.1, 0.15) is 39.2 Å². The maximum absolute atomic E-state index is 12.2. The molecule has 0 saturated heterocycles. The topological polar surface area (TPSA) is 86.6 Å². The van der Waals surface area contributed by atoms with E-state index in [2.05, 4.69) is 45.7 Å². The standard InChI is InChI=1S/C13H14ClNO4.C7H18Si/c14-9-3-1-2-8(6-9)13(4-5-13)12(19)15-10(7-16)11(17)18;1-7(2,3)8(4,5)6/h1-3,6,10,16H,4-5,7H2,(H,15,19)(H,17,18);1-6H3/t10-;/m0./s1. The van der Waals surface area contributed by atoms with Gasteiger partial charge in [0.25, 0.3) is 0 Å². The second-order valence-corrected chi connectivity index (χ2v) is 15.6. The molecule has 3 N–H and O–H groups in total. The molecule has 2 rings (SSSR count). The molecule has 0 bridgehead atoms. The number of hydrogen-bond donors (Lipinski definition) is 3. The number of nitrogens with one attached hydrogen (secondary N) is 1. The van der Waals surface area contributed by atoms with E-state index in [-0.39, 0.29) is 5.91 Å². The molecule has 0 spiro atoms. The average molecular weight is 414 g/mol. The van der Waals surface area contributed by atoms with Gasteiger partial charge in [0.05, 0.1) is 12.0 Å². The molecule has 1 aliphatic carbocycles. The van der Waals surface area contributed by atoms with Crippen molar-refractivity contribution in [3.05, 3.63) is 34.9 Å². The Labute approximate surface area is 168 Å². The minimum atomic E-state index is -1.27. The Bertz CT molecular complexity index is 663. The average Bonchev–Trinajstić information content (AvgIpc) is 3.32. The van der Waals surface area contributed by atoms with Crippen molar-refractivity contribution in [2.24, 2.45) is 0 Å². The molecule has 1 atom stereocenters. The molecular formula is C20H32ClNO4Si. The highest BCUT2D eigenvalue weighted by Crippen LogP contribution is 2.48. The highest BCUT2D eigenvalue weighted by Gasteiger charge is 2.52. The summed E-state index contributed by atoms with van der Waals surface area (Å²) in [6.45, 7) is 13.6. The molecule has 1 aliphatic rings. The number of carbonyl (C=O) groups is 2. The second-order valence-electron chi connectivity index (χ2n) is 9.14. The molecule has 1 saturated carbocycles. The van der Waals surface area contributed by atoms with Crippen molar-refractivity contribution in [1.29, 1.82) is 0 Å². The molecule has 5 nitrogen and oxygen atoms in total. The predicted molar refractivity (Wildman–Crippen MR) is 112 cm³/mol. The number of carboxylic acids is 1. The van der Waals surface area contributed by atoms with Crippen LogP contribution in [-0.2, 0) is 15.0 Å². The fraction of sp³-hybridized carbons (Fsp3) is 0.600. The highest BCUT2D eigenvalue weighted by atomic mass is 35.5. The van der Waals surface area contributed by atoms with Gasteiger partial charge in [0.15, 0.2) is 0 Å². The number of aliphatic hydroxyl groups excluding tert-OH is 1. The van der Waals surface area contributed by atoms with Crippen molar-refractivity contribution in [2.75, 3.05) is 6.61 Å². The van der Waals surface area contributed by atoms with E-state index in [9.17, 15) is 9.59 Å². The largest absolute Gasteiger partial charge is 0.480 e. The third-order valence-electron chi connectivity index (χ3n) is 5.60. The van der Waals surface area contributed by atoms with Crippen molar-refractivity contribution < 1.29 is 19.8 Å². The number of rotatable bonds is 5. The van der Waals surface area contributed by atoms with Crippen LogP contribution in [0.4, 0.5) is 0 Å². The molecule has 0 aliphatic heterocycles. The molecule has 7 heteroatoms. The quantitative estimate of drug-likeness (QED) is 0.635. The van der Waals surface area contributed by atoms with Crippen LogP contribution < -0.4 is 5.32 Å². The lowest BCUT2D eigenvalue weighted by molar-refractivity contribution is -0.143. The molecule has 1 amide bonds. The number of benzene rings is 1. The summed E-state index contributed by atoms with van der Waals surface area (Å²) in [6.07, 6.45) is 1.30. The van der Waals surface area contributed by atoms with Crippen LogP contribution in [0.5, 0.6) is 0 Å². The Morgan fingerprint density at radius 1 is 1.26 bits per heavy atom. The van der Waals surface area contributed by atoms with Crippen LogP contribution >= 0.6 is 11.6 Å². The van der Waals surface area contributed by atoms with Crippen molar-refractivity contribution in [2.45, 2.75) is 69.7 Å². The van der Waals surface area contributed by atoms with E-state index in [0.717, 1.165) is 5.56 Å². The zero-order chi connectivity index (χ0) is 21.0. The van der Waals surface area contributed by atoms with E-state index in [1.807, 2.05) is 0 Å². The summed E-state index contributed by atoms with van der Waals surface area (Å²) in [5.41, 5.74) is 0.0768. The molecule has 0 heterocycles. The summed E-state index contributed by atoms with van der Waals surface area (Å²) in [7, 11) is -0.859. The number of halogens is 1. The number of amides is 1. The Morgan fingerprint density at radius 3 is 2.11 bits per heavy atom. The summed E-state index contributed by atoms with van der Waals surface area (Å²) in [6, 6.07) is 5.71. The van der Waals surface area contributed by atoms with Gasteiger partial charge in [0.1, 0.15) is 6.04 Å². The number of aliphatic carboxylic acids is 1. The van der Waals surface area contributed by atoms with Gasteiger partial charge in [-0.25, -0.2) is 4.79 Å². The third kappa shape index (κ3) is 6.33. The number of hydrogen-bond acceptors (Lipinski definition) is 3. The van der Waals surface area contributed by atoms with E-state index < -0.39 is 32.1 Å². The SMILES string of the molecule is CC(C)(C)[Si](C)(C)C.O=C(O)[C@H](CO)NC(=O)C1(c2cccc(Cl)c2)CC1. The summed E-state index contributed by atoms with van der Waals surface area (Å²) >= 11 is 5.90. The summed E-state index contributed by atoms with van der Waals surface area (Å²) in [5, 5.41) is 21.2. The Hall–Kier alpha value is -1.37. The van der Waals surface area contributed by atoms with Gasteiger partial charge in [-0.05, 0) is 35.6 Å². The number of carboxylic acid groups (broad SMARTS) is 1. The first-order chi connectivity index (χ1) is 12.2. The third-order valence-corrected chi connectivity index (χ3v) is 10.3. The monoisotopic (exact) mass is 413 g/mol. The molecule has 152 valence electrons. The van der Waals surface area contributed by atoms with Crippen molar-refractivity contribution in [1.82, 2.24) is 5.32 Å². The molecule has 0 radical (unpaired) electrons. The van der Waals surface area contributed by atoms with Crippen LogP contribution in [0.25, 0.3) is 0 Å². The van der Waals surface area contributed by atoms with Crippen molar-refractivity contribution in [3.63, 3.8) is 0 Å². The first-order valence-electron chi connectivity index (χ1n) is 9.15. The fourth-order valence-electron chi connectivity index (χ4n) is 2.04. The van der Waals surface area contributed by atoms with Gasteiger partial charge in [-0.15, -0.1) is 0 Å². The minimum Gasteiger partial charge on any atom is -0.480 e. The van der Waals surface area contributed by atoms with E-state index in [4.69, 9.17) is 21.8 Å². The minimum absolute atomic E-state index is 0.379. The fourth-order valence-corrected chi connectivity index (χ4v) is 2.23. The smallest absolute Gasteiger partial charge is 0.328 e. The lowest BCUT2D eigenvalue weighted by atomic mass is 9.94. The van der Waals surface area contributed by atoms with E-state index >= 15 is 0 Å². The van der Waals surface area contributed by atoms with Gasteiger partial charge in [0, 0.05) is 13.1 Å². The van der Waals surface area contributed by atoms with Crippen LogP contribution in [-0.4, -0.2) is 42.8 Å². The molecular weight excluding hydrogens is 382 g/mol. The molecule has 0 unspecified atom stereocenters. The Balaban J connectivity index is 0.000000387. The normalized spacial score (nSPS) is 16.6. The van der Waals surface area contributed by atoms with Crippen LogP contribution in [0.3, 0.4) is 0 Å². The van der Waals surface area contributed by atoms with Gasteiger partial charge in [-0.2, -0.15) is 0 Å². The maximum Gasteiger partial charge on any atom is 0.328 e. The predicted octanol–water partition coefficient (Wildman–Crippen LogP) is 4.06. The second kappa shape index (κ2) is 8.75. The number of aliphatic hydroxyl groups is 1. The van der Waals surface area contributed by atoms with Crippen LogP contribution in [0.2, 0.25) is 29.7 Å². The van der Waals surface area contributed by atoms with Gasteiger partial charge < -0.3 is 15.5 Å². The Kier molecular flexibility index (Phi) is 7.67. The van der Waals surface area contributed by atoms with Crippen LogP contribution in [0.15, 0.2) is 24.3 Å². The summed E-state index contributed by atoms with van der Waals surface area (Å²) in [5.74, 6) is -1.63. The zero-order valence-electron chi connectivity index (χ0n) is 17.1. The lowest BCUT2D eigenvalue weighted by Gasteiger charge is -2.32. The first kappa shape index (κ1) is 23.7. The van der Waals surface area contributed by atoms with E-state index in [1.54, 1.807) is 24.3 Å². The lowest BCUT2D eigenvalue weighted by Crippen LogP contribution is -2.47. The maximum atomic E-state index is 12.2. The Morgan fingerprint density at radius 2 is 1.78 bits per heavy atom. The van der Waals surface area contributed by atoms with E-state index in [1.165, 1.54) is 0 Å². The van der Waals surface area contributed by atoms with Gasteiger partial charge in [-0.3, -0.25) is 4.79 Å². The summed E-state index contributed by atoms with van der Waals surface area (Å²) < 4.78 is 0. The zero-order valence-corrected chi connectivity index (χ0v) is 18.9. The van der Waals surface area contributed by atoms with Gasteiger partial charge >= 0.3 is 5.97 Å². The number of carbonyl (C=O) groups excluding carboxylic acids is 1. The molecule has 0 aromatic heterocycles. The molecule has 1 aromatic carbocycles. The van der Waals surface area contributed by atoms with Crippen LogP contribution in [0, 0.1) is 0 Å². The summed E-state index contributed by atoms with van der Waals surface area (Å²) in [4.78, 5) is 23.0. The van der Waals surface area contributed by atoms with E-state index in [0.29, 0.717) is 22.9 Å². The van der Waals surface area contributed by atoms with Crippen molar-refractivity contribution >= 4 is 31.6 Å². The van der Waals surface area contributed by atoms with Gasteiger partial charge in [0.2, 0.25) is 5.91 Å². The highest BCUT2D eigenvalue weighted by molar-refractivity contribution is 6.78. The molecule has 1 aromatic rings. The first-order valence-corrected chi connectivity index (χ1v) is 13.0. The van der Waals surface area contributed by atoms with Gasteiger partial charge in [-0.1, -0.05) is 64.1 Å². The van der Waals surface area contributed by atoms with Crippen molar-refractivity contribution in [3.8, 4) is 0 Å². The molecule has 27 heavy (non-hydrogen) atoms.